The van der Waals surface area contributed by atoms with Gasteiger partial charge in [-0.2, -0.15) is 0 Å². The highest BCUT2D eigenvalue weighted by molar-refractivity contribution is 6.31. The van der Waals surface area contributed by atoms with E-state index in [0.29, 0.717) is 11.4 Å². The molecule has 5 nitrogen and oxygen atoms in total. The third-order valence-electron chi connectivity index (χ3n) is 4.05. The summed E-state index contributed by atoms with van der Waals surface area (Å²) in [5.41, 5.74) is 1.20. The molecule has 0 fully saturated rings. The zero-order chi connectivity index (χ0) is 20.0. The van der Waals surface area contributed by atoms with Gasteiger partial charge in [-0.25, -0.2) is 4.39 Å². The van der Waals surface area contributed by atoms with E-state index in [0.717, 1.165) is 11.6 Å². The van der Waals surface area contributed by atoms with Crippen LogP contribution in [-0.2, 0) is 9.59 Å². The minimum absolute atomic E-state index is 0.0392. The van der Waals surface area contributed by atoms with Crippen LogP contribution < -0.4 is 15.4 Å². The molecular formula is C20H22ClFN2O3. The predicted octanol–water partition coefficient (Wildman–Crippen LogP) is 3.98. The van der Waals surface area contributed by atoms with Gasteiger partial charge in [-0.3, -0.25) is 9.59 Å². The van der Waals surface area contributed by atoms with E-state index in [1.54, 1.807) is 19.2 Å². The van der Waals surface area contributed by atoms with E-state index in [1.165, 1.54) is 12.1 Å². The summed E-state index contributed by atoms with van der Waals surface area (Å²) in [6.45, 7) is 3.68. The van der Waals surface area contributed by atoms with Gasteiger partial charge in [0.05, 0.1) is 24.6 Å². The van der Waals surface area contributed by atoms with Crippen molar-refractivity contribution in [1.29, 1.82) is 0 Å². The van der Waals surface area contributed by atoms with Gasteiger partial charge in [0, 0.05) is 5.69 Å². The van der Waals surface area contributed by atoms with Gasteiger partial charge in [0.2, 0.25) is 11.8 Å². The summed E-state index contributed by atoms with van der Waals surface area (Å²) in [6.07, 6.45) is 0. The lowest BCUT2D eigenvalue weighted by Gasteiger charge is -2.21. The van der Waals surface area contributed by atoms with Crippen LogP contribution in [0.2, 0.25) is 5.02 Å². The standard InChI is InChI=1S/C20H22ClFN2O3/c1-12(2)19(13-4-7-15(27-3)8-5-13)20(26)23-11-18(25)24-14-6-9-17(22)16(21)10-14/h4-10,12,19H,11H2,1-3H3,(H,23,26)(H,24,25). The topological polar surface area (TPSA) is 67.4 Å². The third kappa shape index (κ3) is 5.69. The Morgan fingerprint density at radius 3 is 2.37 bits per heavy atom. The maximum absolute atomic E-state index is 13.2. The van der Waals surface area contributed by atoms with Gasteiger partial charge < -0.3 is 15.4 Å². The Morgan fingerprint density at radius 1 is 1.15 bits per heavy atom. The molecule has 27 heavy (non-hydrogen) atoms. The van der Waals surface area contributed by atoms with Gasteiger partial charge in [0.25, 0.3) is 0 Å². The van der Waals surface area contributed by atoms with Crippen molar-refractivity contribution in [2.45, 2.75) is 19.8 Å². The van der Waals surface area contributed by atoms with E-state index >= 15 is 0 Å². The molecule has 0 heterocycles. The Hall–Kier alpha value is -2.60. The Bertz CT molecular complexity index is 809. The number of methoxy groups -OCH3 is 1. The SMILES string of the molecule is COc1ccc(C(C(=O)NCC(=O)Nc2ccc(F)c(Cl)c2)C(C)C)cc1. The fourth-order valence-electron chi connectivity index (χ4n) is 2.71. The summed E-state index contributed by atoms with van der Waals surface area (Å²) in [5, 5.41) is 5.13. The summed E-state index contributed by atoms with van der Waals surface area (Å²) in [4.78, 5) is 24.6. The summed E-state index contributed by atoms with van der Waals surface area (Å²) in [7, 11) is 1.58. The van der Waals surface area contributed by atoms with Crippen LogP contribution in [0.5, 0.6) is 5.75 Å². The Labute approximate surface area is 162 Å². The first kappa shape index (κ1) is 20.7. The highest BCUT2D eigenvalue weighted by Crippen LogP contribution is 2.26. The van der Waals surface area contributed by atoms with Crippen molar-refractivity contribution >= 4 is 29.1 Å². The van der Waals surface area contributed by atoms with Crippen LogP contribution in [0.25, 0.3) is 0 Å². The second-order valence-corrected chi connectivity index (χ2v) is 6.80. The molecule has 2 rings (SSSR count). The van der Waals surface area contributed by atoms with E-state index in [2.05, 4.69) is 10.6 Å². The first-order chi connectivity index (χ1) is 12.8. The number of hydrogen-bond acceptors (Lipinski definition) is 3. The Morgan fingerprint density at radius 2 is 1.81 bits per heavy atom. The lowest BCUT2D eigenvalue weighted by Crippen LogP contribution is -2.37. The van der Waals surface area contributed by atoms with Gasteiger partial charge in [0.15, 0.2) is 0 Å². The number of halogens is 2. The quantitative estimate of drug-likeness (QED) is 0.748. The molecule has 7 heteroatoms. The zero-order valence-electron chi connectivity index (χ0n) is 15.4. The molecule has 1 unspecified atom stereocenters. The highest BCUT2D eigenvalue weighted by atomic mass is 35.5. The molecular weight excluding hydrogens is 371 g/mol. The smallest absolute Gasteiger partial charge is 0.243 e. The van der Waals surface area contributed by atoms with Crippen molar-refractivity contribution in [1.82, 2.24) is 5.32 Å². The van der Waals surface area contributed by atoms with Gasteiger partial charge in [-0.05, 0) is 41.8 Å². The zero-order valence-corrected chi connectivity index (χ0v) is 16.1. The van der Waals surface area contributed by atoms with E-state index < -0.39 is 17.6 Å². The second-order valence-electron chi connectivity index (χ2n) is 6.39. The van der Waals surface area contributed by atoms with Crippen LogP contribution in [0, 0.1) is 11.7 Å². The normalized spacial score (nSPS) is 11.8. The molecule has 0 aliphatic heterocycles. The number of anilines is 1. The molecule has 0 aliphatic rings. The van der Waals surface area contributed by atoms with Gasteiger partial charge in [0.1, 0.15) is 11.6 Å². The Balaban J connectivity index is 1.98. The molecule has 1 atom stereocenters. The van der Waals surface area contributed by atoms with Crippen LogP contribution in [0.1, 0.15) is 25.3 Å². The van der Waals surface area contributed by atoms with Crippen molar-refractivity contribution in [2.24, 2.45) is 5.92 Å². The molecule has 2 aromatic rings. The van der Waals surface area contributed by atoms with Crippen molar-refractivity contribution in [3.63, 3.8) is 0 Å². The average Bonchev–Trinajstić information content (AvgIpc) is 2.63. The first-order valence-electron chi connectivity index (χ1n) is 8.48. The lowest BCUT2D eigenvalue weighted by atomic mass is 9.87. The molecule has 0 saturated heterocycles. The third-order valence-corrected chi connectivity index (χ3v) is 4.34. The molecule has 2 amide bonds. The fraction of sp³-hybridized carbons (Fsp3) is 0.300. The van der Waals surface area contributed by atoms with E-state index in [9.17, 15) is 14.0 Å². The molecule has 0 saturated carbocycles. The number of amides is 2. The summed E-state index contributed by atoms with van der Waals surface area (Å²) in [5.74, 6) is -0.895. The maximum Gasteiger partial charge on any atom is 0.243 e. The van der Waals surface area contributed by atoms with Gasteiger partial charge in [-0.1, -0.05) is 37.6 Å². The molecule has 0 radical (unpaired) electrons. The molecule has 0 bridgehead atoms. The lowest BCUT2D eigenvalue weighted by molar-refractivity contribution is -0.126. The van der Waals surface area contributed by atoms with Crippen LogP contribution in [0.15, 0.2) is 42.5 Å². The number of carbonyl (C=O) groups excluding carboxylic acids is 2. The van der Waals surface area contributed by atoms with Crippen molar-refractivity contribution in [3.8, 4) is 5.75 Å². The van der Waals surface area contributed by atoms with Crippen molar-refractivity contribution in [2.75, 3.05) is 19.0 Å². The van der Waals surface area contributed by atoms with E-state index in [-0.39, 0.29) is 23.4 Å². The monoisotopic (exact) mass is 392 g/mol. The largest absolute Gasteiger partial charge is 0.497 e. The van der Waals surface area contributed by atoms with Crippen molar-refractivity contribution in [3.05, 3.63) is 58.9 Å². The fourth-order valence-corrected chi connectivity index (χ4v) is 2.89. The van der Waals surface area contributed by atoms with Crippen LogP contribution in [-0.4, -0.2) is 25.5 Å². The molecule has 0 aliphatic carbocycles. The number of rotatable bonds is 7. The number of nitrogens with one attached hydrogen (secondary N) is 2. The highest BCUT2D eigenvalue weighted by Gasteiger charge is 2.24. The second kappa shape index (κ2) is 9.37. The van der Waals surface area contributed by atoms with Crippen LogP contribution >= 0.6 is 11.6 Å². The van der Waals surface area contributed by atoms with E-state index in [4.69, 9.17) is 16.3 Å². The number of carbonyl (C=O) groups is 2. The maximum atomic E-state index is 13.2. The molecule has 144 valence electrons. The number of hydrogen-bond donors (Lipinski definition) is 2. The van der Waals surface area contributed by atoms with Crippen LogP contribution in [0.3, 0.4) is 0 Å². The summed E-state index contributed by atoms with van der Waals surface area (Å²) < 4.78 is 18.3. The molecule has 0 spiro atoms. The Kier molecular flexibility index (Phi) is 7.19. The first-order valence-corrected chi connectivity index (χ1v) is 8.86. The number of benzene rings is 2. The van der Waals surface area contributed by atoms with Crippen LogP contribution in [0.4, 0.5) is 10.1 Å². The van der Waals surface area contributed by atoms with E-state index in [1.807, 2.05) is 26.0 Å². The van der Waals surface area contributed by atoms with Gasteiger partial charge in [-0.15, -0.1) is 0 Å². The minimum atomic E-state index is -0.567. The number of ether oxygens (including phenoxy) is 1. The summed E-state index contributed by atoms with van der Waals surface area (Å²) >= 11 is 5.69. The molecule has 2 N–H and O–H groups in total. The predicted molar refractivity (Wildman–Crippen MR) is 104 cm³/mol. The molecule has 2 aromatic carbocycles. The summed E-state index contributed by atoms with van der Waals surface area (Å²) in [6, 6.07) is 11.1. The minimum Gasteiger partial charge on any atom is -0.497 e. The molecule has 0 aromatic heterocycles. The van der Waals surface area contributed by atoms with Gasteiger partial charge >= 0.3 is 0 Å². The van der Waals surface area contributed by atoms with Crippen molar-refractivity contribution < 1.29 is 18.7 Å². The average molecular weight is 393 g/mol.